The molecule has 0 saturated carbocycles. The van der Waals surface area contributed by atoms with Crippen molar-refractivity contribution in [1.82, 2.24) is 9.62 Å². The van der Waals surface area contributed by atoms with Crippen LogP contribution in [0.5, 0.6) is 0 Å². The molecule has 0 amide bonds. The molecule has 90 valence electrons. The minimum atomic E-state index is -3.01. The van der Waals surface area contributed by atoms with Crippen LogP contribution in [-0.2, 0) is 10.0 Å². The molecule has 1 rings (SSSR count). The van der Waals surface area contributed by atoms with Gasteiger partial charge < -0.3 is 11.1 Å². The van der Waals surface area contributed by atoms with E-state index < -0.39 is 10.0 Å². The maximum atomic E-state index is 11.3. The monoisotopic (exact) mass is 235 g/mol. The molecule has 5 nitrogen and oxygen atoms in total. The van der Waals surface area contributed by atoms with E-state index in [-0.39, 0.29) is 0 Å². The predicted octanol–water partition coefficient (Wildman–Crippen LogP) is -0.794. The topological polar surface area (TPSA) is 75.4 Å². The van der Waals surface area contributed by atoms with E-state index in [1.807, 2.05) is 0 Å². The van der Waals surface area contributed by atoms with Crippen LogP contribution in [0.2, 0.25) is 0 Å². The van der Waals surface area contributed by atoms with Crippen LogP contribution in [0.3, 0.4) is 0 Å². The Hall–Kier alpha value is -0.170. The Morgan fingerprint density at radius 2 is 2.27 bits per heavy atom. The third-order valence-corrected chi connectivity index (χ3v) is 3.97. The second-order valence-electron chi connectivity index (χ2n) is 4.12. The minimum absolute atomic E-state index is 0.431. The van der Waals surface area contributed by atoms with Crippen molar-refractivity contribution in [2.75, 3.05) is 39.0 Å². The van der Waals surface area contributed by atoms with Crippen LogP contribution >= 0.6 is 0 Å². The van der Waals surface area contributed by atoms with E-state index in [1.54, 1.807) is 4.31 Å². The summed E-state index contributed by atoms with van der Waals surface area (Å²) >= 11 is 0. The number of nitrogens with zero attached hydrogens (tertiary/aromatic N) is 1. The lowest BCUT2D eigenvalue weighted by Gasteiger charge is -2.31. The molecule has 3 N–H and O–H groups in total. The summed E-state index contributed by atoms with van der Waals surface area (Å²) in [6.45, 7) is 3.61. The zero-order chi connectivity index (χ0) is 11.3. The first-order chi connectivity index (χ1) is 7.04. The second-order valence-corrected chi connectivity index (χ2v) is 6.10. The van der Waals surface area contributed by atoms with Crippen molar-refractivity contribution in [2.45, 2.75) is 12.8 Å². The van der Waals surface area contributed by atoms with Crippen LogP contribution in [-0.4, -0.2) is 51.7 Å². The molecule has 0 aromatic heterocycles. The Morgan fingerprint density at radius 1 is 1.53 bits per heavy atom. The van der Waals surface area contributed by atoms with E-state index in [4.69, 9.17) is 5.73 Å². The van der Waals surface area contributed by atoms with E-state index in [0.717, 1.165) is 25.9 Å². The molecule has 1 heterocycles. The molecule has 1 saturated heterocycles. The van der Waals surface area contributed by atoms with Crippen molar-refractivity contribution in [1.29, 1.82) is 0 Å². The SMILES string of the molecule is CS(=O)(=O)N1CCCC(CNCCN)C1. The molecular formula is C9H21N3O2S. The maximum absolute atomic E-state index is 11.3. The molecule has 1 aliphatic rings. The number of nitrogens with two attached hydrogens (primary N) is 1. The smallest absolute Gasteiger partial charge is 0.211 e. The molecular weight excluding hydrogens is 214 g/mol. The average molecular weight is 235 g/mol. The first-order valence-corrected chi connectivity index (χ1v) is 7.25. The fourth-order valence-electron chi connectivity index (χ4n) is 1.90. The molecule has 15 heavy (non-hydrogen) atoms. The Kier molecular flexibility index (Phi) is 4.98. The Morgan fingerprint density at radius 3 is 2.87 bits per heavy atom. The summed E-state index contributed by atoms with van der Waals surface area (Å²) in [7, 11) is -3.01. The summed E-state index contributed by atoms with van der Waals surface area (Å²) in [5, 5.41) is 3.23. The molecule has 0 radical (unpaired) electrons. The van der Waals surface area contributed by atoms with Crippen molar-refractivity contribution < 1.29 is 8.42 Å². The lowest BCUT2D eigenvalue weighted by molar-refractivity contribution is 0.262. The Labute approximate surface area is 92.1 Å². The highest BCUT2D eigenvalue weighted by Crippen LogP contribution is 2.17. The van der Waals surface area contributed by atoms with Crippen molar-refractivity contribution >= 4 is 10.0 Å². The average Bonchev–Trinajstić information content (AvgIpc) is 2.17. The van der Waals surface area contributed by atoms with E-state index in [9.17, 15) is 8.42 Å². The highest BCUT2D eigenvalue weighted by Gasteiger charge is 2.25. The standard InChI is InChI=1S/C9H21N3O2S/c1-15(13,14)12-6-2-3-9(8-12)7-11-5-4-10/h9,11H,2-8,10H2,1H3. The van der Waals surface area contributed by atoms with Crippen molar-refractivity contribution in [2.24, 2.45) is 11.7 Å². The molecule has 6 heteroatoms. The zero-order valence-corrected chi connectivity index (χ0v) is 10.1. The van der Waals surface area contributed by atoms with Gasteiger partial charge in [-0.1, -0.05) is 0 Å². The Bertz CT molecular complexity index is 279. The summed E-state index contributed by atoms with van der Waals surface area (Å²) in [5.74, 6) is 0.431. The van der Waals surface area contributed by atoms with Crippen molar-refractivity contribution in [3.8, 4) is 0 Å². The van der Waals surface area contributed by atoms with Crippen LogP contribution in [0.15, 0.2) is 0 Å². The molecule has 0 bridgehead atoms. The number of piperidine rings is 1. The molecule has 1 aliphatic heterocycles. The first kappa shape index (κ1) is 12.9. The lowest BCUT2D eigenvalue weighted by atomic mass is 10.00. The second kappa shape index (κ2) is 5.79. The van der Waals surface area contributed by atoms with Gasteiger partial charge in [0, 0.05) is 26.2 Å². The molecule has 1 unspecified atom stereocenters. The third-order valence-electron chi connectivity index (χ3n) is 2.70. The molecule has 1 fully saturated rings. The quantitative estimate of drug-likeness (QED) is 0.612. The predicted molar refractivity (Wildman–Crippen MR) is 61.1 cm³/mol. The fraction of sp³-hybridized carbons (Fsp3) is 1.00. The van der Waals surface area contributed by atoms with Gasteiger partial charge in [0.25, 0.3) is 0 Å². The van der Waals surface area contributed by atoms with Gasteiger partial charge in [0.05, 0.1) is 6.26 Å². The minimum Gasteiger partial charge on any atom is -0.329 e. The van der Waals surface area contributed by atoms with Gasteiger partial charge in [-0.15, -0.1) is 0 Å². The van der Waals surface area contributed by atoms with Crippen molar-refractivity contribution in [3.63, 3.8) is 0 Å². The largest absolute Gasteiger partial charge is 0.329 e. The lowest BCUT2D eigenvalue weighted by Crippen LogP contribution is -2.42. The van der Waals surface area contributed by atoms with E-state index >= 15 is 0 Å². The van der Waals surface area contributed by atoms with Crippen LogP contribution in [0.1, 0.15) is 12.8 Å². The van der Waals surface area contributed by atoms with Gasteiger partial charge in [-0.05, 0) is 25.3 Å². The van der Waals surface area contributed by atoms with Gasteiger partial charge >= 0.3 is 0 Å². The highest BCUT2D eigenvalue weighted by atomic mass is 32.2. The summed E-state index contributed by atoms with van der Waals surface area (Å²) in [6.07, 6.45) is 3.34. The number of nitrogens with one attached hydrogen (secondary N) is 1. The first-order valence-electron chi connectivity index (χ1n) is 5.40. The molecule has 0 aromatic carbocycles. The number of sulfonamides is 1. The van der Waals surface area contributed by atoms with E-state index in [0.29, 0.717) is 25.6 Å². The van der Waals surface area contributed by atoms with Gasteiger partial charge in [0.1, 0.15) is 0 Å². The summed E-state index contributed by atoms with van der Waals surface area (Å²) in [6, 6.07) is 0. The maximum Gasteiger partial charge on any atom is 0.211 e. The zero-order valence-electron chi connectivity index (χ0n) is 9.28. The third kappa shape index (κ3) is 4.46. The van der Waals surface area contributed by atoms with Gasteiger partial charge in [-0.2, -0.15) is 0 Å². The highest BCUT2D eigenvalue weighted by molar-refractivity contribution is 7.88. The number of hydrogen-bond donors (Lipinski definition) is 2. The van der Waals surface area contributed by atoms with Gasteiger partial charge in [-0.25, -0.2) is 12.7 Å². The molecule has 1 atom stereocenters. The van der Waals surface area contributed by atoms with Crippen LogP contribution in [0, 0.1) is 5.92 Å². The van der Waals surface area contributed by atoms with Crippen molar-refractivity contribution in [3.05, 3.63) is 0 Å². The molecule has 0 spiro atoms. The van der Waals surface area contributed by atoms with Crippen LogP contribution in [0.4, 0.5) is 0 Å². The summed E-state index contributed by atoms with van der Waals surface area (Å²) in [4.78, 5) is 0. The van der Waals surface area contributed by atoms with Gasteiger partial charge in [0.2, 0.25) is 10.0 Å². The van der Waals surface area contributed by atoms with Crippen LogP contribution in [0.25, 0.3) is 0 Å². The summed E-state index contributed by atoms with van der Waals surface area (Å²) < 4.78 is 24.3. The van der Waals surface area contributed by atoms with E-state index in [1.165, 1.54) is 6.26 Å². The van der Waals surface area contributed by atoms with E-state index in [2.05, 4.69) is 5.32 Å². The number of rotatable bonds is 5. The fourth-order valence-corrected chi connectivity index (χ4v) is 2.85. The normalized spacial score (nSPS) is 24.3. The van der Waals surface area contributed by atoms with Crippen LogP contribution < -0.4 is 11.1 Å². The summed E-state index contributed by atoms with van der Waals surface area (Å²) in [5.41, 5.74) is 5.37. The number of hydrogen-bond acceptors (Lipinski definition) is 4. The van der Waals surface area contributed by atoms with Gasteiger partial charge in [0.15, 0.2) is 0 Å². The van der Waals surface area contributed by atoms with Gasteiger partial charge in [-0.3, -0.25) is 0 Å². The Balaban J connectivity index is 2.36. The molecule has 0 aliphatic carbocycles. The molecule has 0 aromatic rings.